The van der Waals surface area contributed by atoms with Gasteiger partial charge < -0.3 is 10.1 Å². The number of nitro benzene ring substituents is 1. The first-order valence-corrected chi connectivity index (χ1v) is 12.3. The van der Waals surface area contributed by atoms with E-state index in [1.807, 2.05) is 0 Å². The van der Waals surface area contributed by atoms with Gasteiger partial charge in [0.15, 0.2) is 6.61 Å². The van der Waals surface area contributed by atoms with Gasteiger partial charge in [-0.25, -0.2) is 8.42 Å². The maximum atomic E-state index is 12.9. The molecule has 0 aromatic heterocycles. The summed E-state index contributed by atoms with van der Waals surface area (Å²) in [6, 6.07) is 10.1. The van der Waals surface area contributed by atoms with Crippen LogP contribution >= 0.6 is 27.5 Å². The number of nitrogens with one attached hydrogen (secondary N) is 1. The van der Waals surface area contributed by atoms with Crippen molar-refractivity contribution in [2.45, 2.75) is 17.7 Å². The van der Waals surface area contributed by atoms with Crippen LogP contribution in [0.3, 0.4) is 0 Å². The SMILES string of the molecule is O=C(COC(=O)C1CCN(S(=O)(=O)c2cc([N+](=O)[O-])ccc2Cl)CC1)Nc1cccc(Br)c1. The fourth-order valence-electron chi connectivity index (χ4n) is 3.29. The number of anilines is 1. The molecule has 1 heterocycles. The van der Waals surface area contributed by atoms with E-state index < -0.39 is 45.0 Å². The summed E-state index contributed by atoms with van der Waals surface area (Å²) >= 11 is 9.27. The minimum absolute atomic E-state index is 0.00532. The zero-order valence-electron chi connectivity index (χ0n) is 17.1. The minimum atomic E-state index is -4.08. The van der Waals surface area contributed by atoms with Crippen molar-refractivity contribution in [1.82, 2.24) is 4.31 Å². The van der Waals surface area contributed by atoms with Crippen molar-refractivity contribution in [1.29, 1.82) is 0 Å². The number of nitro groups is 1. The van der Waals surface area contributed by atoms with Crippen LogP contribution in [0.15, 0.2) is 51.8 Å². The maximum Gasteiger partial charge on any atom is 0.309 e. The van der Waals surface area contributed by atoms with Gasteiger partial charge in [0.1, 0.15) is 4.90 Å². The monoisotopic (exact) mass is 559 g/mol. The van der Waals surface area contributed by atoms with Gasteiger partial charge in [0, 0.05) is 35.4 Å². The van der Waals surface area contributed by atoms with Gasteiger partial charge in [0.2, 0.25) is 10.0 Å². The summed E-state index contributed by atoms with van der Waals surface area (Å²) in [4.78, 5) is 34.3. The van der Waals surface area contributed by atoms with E-state index in [1.165, 1.54) is 0 Å². The summed E-state index contributed by atoms with van der Waals surface area (Å²) in [7, 11) is -4.08. The average Bonchev–Trinajstić information content (AvgIpc) is 2.77. The molecule has 10 nitrogen and oxygen atoms in total. The number of benzene rings is 2. The van der Waals surface area contributed by atoms with Gasteiger partial charge >= 0.3 is 5.97 Å². The van der Waals surface area contributed by atoms with E-state index in [2.05, 4.69) is 21.2 Å². The molecule has 13 heteroatoms. The van der Waals surface area contributed by atoms with E-state index in [4.69, 9.17) is 16.3 Å². The van der Waals surface area contributed by atoms with Crippen molar-refractivity contribution in [3.05, 3.63) is 62.1 Å². The molecule has 1 N–H and O–H groups in total. The molecule has 0 spiro atoms. The second kappa shape index (κ2) is 10.6. The molecule has 1 saturated heterocycles. The number of amides is 1. The zero-order valence-corrected chi connectivity index (χ0v) is 20.2. The molecule has 0 atom stereocenters. The predicted octanol–water partition coefficient (Wildman–Crippen LogP) is 3.59. The molecule has 33 heavy (non-hydrogen) atoms. The molecule has 1 aliphatic rings. The van der Waals surface area contributed by atoms with Crippen LogP contribution in [0.4, 0.5) is 11.4 Å². The number of sulfonamides is 1. The van der Waals surface area contributed by atoms with Crippen LogP contribution in [-0.2, 0) is 24.3 Å². The van der Waals surface area contributed by atoms with Crippen LogP contribution in [0.5, 0.6) is 0 Å². The van der Waals surface area contributed by atoms with Crippen LogP contribution in [-0.4, -0.2) is 49.2 Å². The number of halogens is 2. The standard InChI is InChI=1S/C20H19BrClN3O7S/c21-14-2-1-3-15(10-14)23-19(26)12-32-20(27)13-6-8-24(9-7-13)33(30,31)18-11-16(25(28)29)4-5-17(18)22/h1-5,10-11,13H,6-9,12H2,(H,23,26). The van der Waals surface area contributed by atoms with Crippen molar-refractivity contribution >= 4 is 60.8 Å². The number of ether oxygens (including phenoxy) is 1. The summed E-state index contributed by atoms with van der Waals surface area (Å²) in [6.45, 7) is -0.454. The summed E-state index contributed by atoms with van der Waals surface area (Å²) < 4.78 is 32.8. The summed E-state index contributed by atoms with van der Waals surface area (Å²) in [5.41, 5.74) is 0.154. The van der Waals surface area contributed by atoms with E-state index in [9.17, 15) is 28.1 Å². The van der Waals surface area contributed by atoms with Crippen LogP contribution in [0, 0.1) is 16.0 Å². The molecule has 1 fully saturated rings. The van der Waals surface area contributed by atoms with Crippen LogP contribution in [0.2, 0.25) is 5.02 Å². The number of rotatable bonds is 7. The molecule has 1 amide bonds. The fourth-order valence-corrected chi connectivity index (χ4v) is 5.66. The van der Waals surface area contributed by atoms with Gasteiger partial charge in [-0.2, -0.15) is 4.31 Å². The molecule has 176 valence electrons. The van der Waals surface area contributed by atoms with Crippen molar-refractivity contribution in [3.8, 4) is 0 Å². The van der Waals surface area contributed by atoms with Crippen molar-refractivity contribution in [2.24, 2.45) is 5.92 Å². The molecular weight excluding hydrogens is 542 g/mol. The van der Waals surface area contributed by atoms with Crippen molar-refractivity contribution in [3.63, 3.8) is 0 Å². The first-order chi connectivity index (χ1) is 15.6. The Morgan fingerprint density at radius 3 is 2.55 bits per heavy atom. The number of carbonyl (C=O) groups excluding carboxylic acids is 2. The minimum Gasteiger partial charge on any atom is -0.455 e. The van der Waals surface area contributed by atoms with Gasteiger partial charge in [0.05, 0.1) is 15.9 Å². The third-order valence-corrected chi connectivity index (χ3v) is 7.86. The number of nitrogens with zero attached hydrogens (tertiary/aromatic N) is 2. The molecule has 0 radical (unpaired) electrons. The molecule has 1 aliphatic heterocycles. The van der Waals surface area contributed by atoms with Gasteiger partial charge in [-0.3, -0.25) is 19.7 Å². The van der Waals surface area contributed by atoms with Gasteiger partial charge in [-0.15, -0.1) is 0 Å². The van der Waals surface area contributed by atoms with Crippen molar-refractivity contribution < 1.29 is 27.7 Å². The fraction of sp³-hybridized carbons (Fsp3) is 0.300. The number of esters is 1. The molecular formula is C20H19BrClN3O7S. The number of hydrogen-bond donors (Lipinski definition) is 1. The Morgan fingerprint density at radius 1 is 1.21 bits per heavy atom. The van der Waals surface area contributed by atoms with E-state index in [0.717, 1.165) is 27.0 Å². The smallest absolute Gasteiger partial charge is 0.309 e. The van der Waals surface area contributed by atoms with Gasteiger partial charge in [0.25, 0.3) is 11.6 Å². The Kier molecular flexibility index (Phi) is 8.05. The zero-order chi connectivity index (χ0) is 24.2. The quantitative estimate of drug-likeness (QED) is 0.310. The van der Waals surface area contributed by atoms with Crippen molar-refractivity contribution in [2.75, 3.05) is 25.0 Å². The summed E-state index contributed by atoms with van der Waals surface area (Å²) in [6.07, 6.45) is 0.357. The highest BCUT2D eigenvalue weighted by molar-refractivity contribution is 9.10. The largest absolute Gasteiger partial charge is 0.455 e. The highest BCUT2D eigenvalue weighted by atomic mass is 79.9. The summed E-state index contributed by atoms with van der Waals surface area (Å²) in [5.74, 6) is -1.66. The topological polar surface area (TPSA) is 136 Å². The molecule has 3 rings (SSSR count). The number of carbonyl (C=O) groups is 2. The van der Waals surface area contributed by atoms with Gasteiger partial charge in [-0.05, 0) is 37.1 Å². The van der Waals surface area contributed by atoms with E-state index in [1.54, 1.807) is 24.3 Å². The Morgan fingerprint density at radius 2 is 1.91 bits per heavy atom. The molecule has 0 aliphatic carbocycles. The second-order valence-corrected chi connectivity index (χ2v) is 10.4. The molecule has 0 saturated carbocycles. The highest BCUT2D eigenvalue weighted by Gasteiger charge is 2.34. The number of piperidine rings is 1. The Labute approximate surface area is 203 Å². The lowest BCUT2D eigenvalue weighted by Crippen LogP contribution is -2.41. The lowest BCUT2D eigenvalue weighted by molar-refractivity contribution is -0.385. The number of non-ortho nitro benzene ring substituents is 1. The third kappa shape index (κ3) is 6.28. The molecule has 2 aromatic carbocycles. The predicted molar refractivity (Wildman–Crippen MR) is 123 cm³/mol. The first kappa shape index (κ1) is 25.1. The Hall–Kier alpha value is -2.54. The average molecular weight is 561 g/mol. The van der Waals surface area contributed by atoms with Crippen LogP contribution in [0.1, 0.15) is 12.8 Å². The second-order valence-electron chi connectivity index (χ2n) is 7.22. The molecule has 0 unspecified atom stereocenters. The first-order valence-electron chi connectivity index (χ1n) is 9.74. The Balaban J connectivity index is 1.55. The van der Waals surface area contributed by atoms with Gasteiger partial charge in [-0.1, -0.05) is 33.6 Å². The van der Waals surface area contributed by atoms with E-state index in [-0.39, 0.29) is 35.8 Å². The molecule has 0 bridgehead atoms. The van der Waals surface area contributed by atoms with E-state index >= 15 is 0 Å². The van der Waals surface area contributed by atoms with Crippen LogP contribution < -0.4 is 5.32 Å². The lowest BCUT2D eigenvalue weighted by Gasteiger charge is -2.30. The normalized spacial score (nSPS) is 15.1. The molecule has 2 aromatic rings. The van der Waals surface area contributed by atoms with E-state index in [0.29, 0.717) is 5.69 Å². The summed E-state index contributed by atoms with van der Waals surface area (Å²) in [5, 5.41) is 13.5. The number of hydrogen-bond acceptors (Lipinski definition) is 7. The third-order valence-electron chi connectivity index (χ3n) is 4.98. The maximum absolute atomic E-state index is 12.9. The Bertz CT molecular complexity index is 1180. The lowest BCUT2D eigenvalue weighted by atomic mass is 9.98. The highest BCUT2D eigenvalue weighted by Crippen LogP contribution is 2.31. The van der Waals surface area contributed by atoms with Crippen LogP contribution in [0.25, 0.3) is 0 Å².